The summed E-state index contributed by atoms with van der Waals surface area (Å²) >= 11 is 26.5. The predicted octanol–water partition coefficient (Wildman–Crippen LogP) is 7.94. The zero-order valence-corrected chi connectivity index (χ0v) is 28.9. The van der Waals surface area contributed by atoms with Gasteiger partial charge in [0.1, 0.15) is 18.4 Å². The Bertz CT molecular complexity index is 1490. The third-order valence-electron chi connectivity index (χ3n) is 5.93. The molecule has 8 nitrogen and oxygen atoms in total. The van der Waals surface area contributed by atoms with Crippen molar-refractivity contribution in [2.24, 2.45) is 11.0 Å². The van der Waals surface area contributed by atoms with Gasteiger partial charge in [-0.2, -0.15) is 5.10 Å². The third-order valence-corrected chi connectivity index (χ3v) is 7.85. The lowest BCUT2D eigenvalue weighted by atomic mass is 10.0. The number of amides is 2. The fraction of sp³-hybridized carbons (Fsp3) is 0.300. The number of methoxy groups -OCH3 is 1. The summed E-state index contributed by atoms with van der Waals surface area (Å²) < 4.78 is 18.0. The summed E-state index contributed by atoms with van der Waals surface area (Å²) in [6.45, 7) is 5.67. The van der Waals surface area contributed by atoms with Crippen LogP contribution in [0.5, 0.6) is 17.2 Å². The molecule has 0 saturated heterocycles. The number of nitrogens with one attached hydrogen (secondary N) is 2. The molecule has 0 unspecified atom stereocenters. The van der Waals surface area contributed by atoms with Crippen molar-refractivity contribution in [2.75, 3.05) is 7.11 Å². The molecule has 43 heavy (non-hydrogen) atoms. The first kappa shape index (κ1) is 35.0. The molecule has 0 aliphatic heterocycles. The van der Waals surface area contributed by atoms with E-state index in [9.17, 15) is 9.59 Å². The van der Waals surface area contributed by atoms with Gasteiger partial charge in [-0.25, -0.2) is 5.43 Å². The Morgan fingerprint density at radius 2 is 1.60 bits per heavy atom. The van der Waals surface area contributed by atoms with E-state index in [0.717, 1.165) is 9.13 Å². The number of halogens is 5. The minimum Gasteiger partial charge on any atom is -0.493 e. The Morgan fingerprint density at radius 1 is 0.930 bits per heavy atom. The van der Waals surface area contributed by atoms with E-state index in [1.165, 1.54) is 19.4 Å². The zero-order chi connectivity index (χ0) is 31.7. The number of ether oxygens (including phenoxy) is 3. The number of hydrogen-bond donors (Lipinski definition) is 2. The number of nitrogens with zero attached hydrogens (tertiary/aromatic N) is 1. The van der Waals surface area contributed by atoms with Gasteiger partial charge in [-0.1, -0.05) is 66.3 Å². The van der Waals surface area contributed by atoms with Crippen LogP contribution in [0.15, 0.2) is 53.6 Å². The lowest BCUT2D eigenvalue weighted by Gasteiger charge is -2.22. The van der Waals surface area contributed by atoms with E-state index in [4.69, 9.17) is 60.6 Å². The molecule has 0 fully saturated rings. The van der Waals surface area contributed by atoms with Crippen LogP contribution in [0.1, 0.15) is 38.3 Å². The highest BCUT2D eigenvalue weighted by atomic mass is 127. The summed E-state index contributed by atoms with van der Waals surface area (Å²) in [5, 5.41) is 8.60. The van der Waals surface area contributed by atoms with Crippen molar-refractivity contribution in [2.45, 2.75) is 45.9 Å². The van der Waals surface area contributed by atoms with E-state index in [1.54, 1.807) is 43.3 Å². The molecule has 0 aliphatic rings. The van der Waals surface area contributed by atoms with E-state index < -0.39 is 24.0 Å². The molecule has 2 N–H and O–H groups in total. The molecule has 0 spiro atoms. The van der Waals surface area contributed by atoms with Crippen LogP contribution in [0.25, 0.3) is 0 Å². The molecule has 13 heteroatoms. The van der Waals surface area contributed by atoms with Crippen LogP contribution < -0.4 is 25.0 Å². The predicted molar refractivity (Wildman–Crippen MR) is 180 cm³/mol. The van der Waals surface area contributed by atoms with Crippen LogP contribution >= 0.6 is 69.0 Å². The van der Waals surface area contributed by atoms with E-state index in [1.807, 2.05) is 19.9 Å². The van der Waals surface area contributed by atoms with Gasteiger partial charge in [-0.15, -0.1) is 0 Å². The molecule has 0 heterocycles. The van der Waals surface area contributed by atoms with Crippen LogP contribution in [-0.2, 0) is 16.2 Å². The van der Waals surface area contributed by atoms with Crippen molar-refractivity contribution >= 4 is 87.0 Å². The molecule has 0 aromatic heterocycles. The molecular formula is C30H30Cl4IN3O5. The summed E-state index contributed by atoms with van der Waals surface area (Å²) in [4.78, 5) is 25.9. The standard InChI is InChI=1S/C30H30Cl4IN3O5/c1-16(2)9-25(37-29(39)17(3)43-26-8-7-21(32)13-23(26)34)30(40)38-36-14-18-10-24(35)28(27(11-18)41-4)42-15-19-5-6-20(31)12-22(19)33/h5-8,10-14,16-17,25H,9,15H2,1-4H3,(H,37,39)(H,38,40)/b36-14-/t17-,25+/m1/s1. The Kier molecular flexibility index (Phi) is 13.5. The van der Waals surface area contributed by atoms with Gasteiger partial charge < -0.3 is 19.5 Å². The Hall–Kier alpha value is -2.44. The second kappa shape index (κ2) is 16.6. The van der Waals surface area contributed by atoms with Gasteiger partial charge in [-0.3, -0.25) is 9.59 Å². The molecule has 3 aromatic rings. The minimum absolute atomic E-state index is 0.114. The maximum Gasteiger partial charge on any atom is 0.262 e. The van der Waals surface area contributed by atoms with Gasteiger partial charge in [0.2, 0.25) is 0 Å². The van der Waals surface area contributed by atoms with Gasteiger partial charge in [-0.05, 0) is 89.9 Å². The second-order valence-corrected chi connectivity index (χ2v) is 12.7. The Labute approximate surface area is 284 Å². The minimum atomic E-state index is -0.921. The molecule has 2 atom stereocenters. The maximum absolute atomic E-state index is 13.0. The third kappa shape index (κ3) is 10.6. The lowest BCUT2D eigenvalue weighted by Crippen LogP contribution is -2.49. The molecule has 0 radical (unpaired) electrons. The fourth-order valence-corrected chi connectivity index (χ4v) is 5.50. The molecule has 3 aromatic carbocycles. The normalized spacial score (nSPS) is 12.6. The highest BCUT2D eigenvalue weighted by molar-refractivity contribution is 14.1. The smallest absolute Gasteiger partial charge is 0.262 e. The molecule has 2 amide bonds. The van der Waals surface area contributed by atoms with Crippen molar-refractivity contribution in [3.8, 4) is 17.2 Å². The van der Waals surface area contributed by atoms with E-state index in [2.05, 4.69) is 38.4 Å². The van der Waals surface area contributed by atoms with E-state index in [0.29, 0.717) is 44.3 Å². The van der Waals surface area contributed by atoms with Crippen molar-refractivity contribution in [1.29, 1.82) is 0 Å². The topological polar surface area (TPSA) is 98.2 Å². The maximum atomic E-state index is 13.0. The summed E-state index contributed by atoms with van der Waals surface area (Å²) in [7, 11) is 1.53. The number of carbonyl (C=O) groups excluding carboxylic acids is 2. The first-order valence-electron chi connectivity index (χ1n) is 13.1. The van der Waals surface area contributed by atoms with Crippen molar-refractivity contribution in [3.63, 3.8) is 0 Å². The quantitative estimate of drug-likeness (QED) is 0.104. The fourth-order valence-electron chi connectivity index (χ4n) is 3.80. The van der Waals surface area contributed by atoms with Crippen molar-refractivity contribution < 1.29 is 23.8 Å². The molecule has 230 valence electrons. The average Bonchev–Trinajstić information content (AvgIpc) is 2.93. The van der Waals surface area contributed by atoms with Gasteiger partial charge in [0, 0.05) is 20.6 Å². The van der Waals surface area contributed by atoms with Gasteiger partial charge >= 0.3 is 0 Å². The number of benzene rings is 3. The summed E-state index contributed by atoms with van der Waals surface area (Å²) in [6, 6.07) is 12.6. The molecular weight excluding hydrogens is 751 g/mol. The van der Waals surface area contributed by atoms with Crippen LogP contribution in [0.3, 0.4) is 0 Å². The first-order chi connectivity index (χ1) is 20.4. The second-order valence-electron chi connectivity index (χ2n) is 9.82. The van der Waals surface area contributed by atoms with Gasteiger partial charge in [0.05, 0.1) is 21.9 Å². The van der Waals surface area contributed by atoms with Crippen LogP contribution in [-0.4, -0.2) is 37.3 Å². The Morgan fingerprint density at radius 3 is 2.23 bits per heavy atom. The SMILES string of the molecule is COc1cc(/C=N\NC(=O)[C@H](CC(C)C)NC(=O)[C@@H](C)Oc2ccc(Cl)cc2Cl)cc(I)c1OCc1ccc(Cl)cc1Cl. The van der Waals surface area contributed by atoms with Crippen molar-refractivity contribution in [1.82, 2.24) is 10.7 Å². The number of hydrogen-bond acceptors (Lipinski definition) is 6. The number of hydrazone groups is 1. The summed E-state index contributed by atoms with van der Waals surface area (Å²) in [6.07, 6.45) is 0.942. The van der Waals surface area contributed by atoms with Crippen molar-refractivity contribution in [3.05, 3.63) is 83.3 Å². The number of carbonyl (C=O) groups is 2. The zero-order valence-electron chi connectivity index (χ0n) is 23.7. The van der Waals surface area contributed by atoms with Crippen LogP contribution in [0, 0.1) is 9.49 Å². The monoisotopic (exact) mass is 779 g/mol. The molecule has 0 bridgehead atoms. The first-order valence-corrected chi connectivity index (χ1v) is 15.7. The highest BCUT2D eigenvalue weighted by Crippen LogP contribution is 2.35. The molecule has 0 aliphatic carbocycles. The van der Waals surface area contributed by atoms with E-state index in [-0.39, 0.29) is 17.5 Å². The van der Waals surface area contributed by atoms with Gasteiger partial charge in [0.25, 0.3) is 11.8 Å². The highest BCUT2D eigenvalue weighted by Gasteiger charge is 2.25. The van der Waals surface area contributed by atoms with E-state index >= 15 is 0 Å². The van der Waals surface area contributed by atoms with Crippen LogP contribution in [0.2, 0.25) is 20.1 Å². The molecule has 3 rings (SSSR count). The van der Waals surface area contributed by atoms with Gasteiger partial charge in [0.15, 0.2) is 17.6 Å². The Balaban J connectivity index is 1.65. The average molecular weight is 781 g/mol. The largest absolute Gasteiger partial charge is 0.493 e. The lowest BCUT2D eigenvalue weighted by molar-refractivity contribution is -0.132. The molecule has 0 saturated carbocycles. The number of rotatable bonds is 13. The summed E-state index contributed by atoms with van der Waals surface area (Å²) in [5.41, 5.74) is 3.94. The summed E-state index contributed by atoms with van der Waals surface area (Å²) in [5.74, 6) is 0.472. The van der Waals surface area contributed by atoms with Crippen LogP contribution in [0.4, 0.5) is 0 Å².